The van der Waals surface area contributed by atoms with E-state index in [1.807, 2.05) is 12.1 Å². The third-order valence-corrected chi connectivity index (χ3v) is 5.21. The van der Waals surface area contributed by atoms with Crippen LogP contribution in [0.1, 0.15) is 6.92 Å². The summed E-state index contributed by atoms with van der Waals surface area (Å²) in [6.45, 7) is 1.61. The molecule has 3 rings (SSSR count). The number of hydrogen-bond acceptors (Lipinski definition) is 6. The quantitative estimate of drug-likeness (QED) is 0.732. The second kappa shape index (κ2) is 6.47. The smallest absolute Gasteiger partial charge is 0.316 e. The number of benzene rings is 1. The van der Waals surface area contributed by atoms with Gasteiger partial charge in [0.05, 0.1) is 10.4 Å². The number of pyridine rings is 1. The van der Waals surface area contributed by atoms with Crippen LogP contribution in [0.3, 0.4) is 0 Å². The Morgan fingerprint density at radius 1 is 1.17 bits per heavy atom. The van der Waals surface area contributed by atoms with Gasteiger partial charge in [-0.15, -0.1) is 11.3 Å². The summed E-state index contributed by atoms with van der Waals surface area (Å²) in [6, 6.07) is 12.6. The summed E-state index contributed by atoms with van der Waals surface area (Å²) in [4.78, 5) is 31.6. The van der Waals surface area contributed by atoms with Gasteiger partial charge in [0.15, 0.2) is 0 Å². The van der Waals surface area contributed by atoms with Crippen LogP contribution in [0.4, 0.5) is 0 Å². The fourth-order valence-electron chi connectivity index (χ4n) is 1.95. The van der Waals surface area contributed by atoms with Crippen LogP contribution >= 0.6 is 23.1 Å². The molecule has 0 saturated carbocycles. The summed E-state index contributed by atoms with van der Waals surface area (Å²) in [6.07, 6.45) is 0. The van der Waals surface area contributed by atoms with E-state index in [9.17, 15) is 9.59 Å². The first-order chi connectivity index (χ1) is 11.0. The van der Waals surface area contributed by atoms with E-state index in [1.54, 1.807) is 37.3 Å². The molecule has 0 aliphatic carbocycles. The van der Waals surface area contributed by atoms with Gasteiger partial charge in [-0.25, -0.2) is 4.98 Å². The molecule has 7 heteroatoms. The molecular formula is C16H12N2O3S2. The van der Waals surface area contributed by atoms with Crippen molar-refractivity contribution in [3.8, 4) is 10.7 Å². The molecule has 5 nitrogen and oxygen atoms in total. The lowest BCUT2D eigenvalue weighted by atomic mass is 10.3. The Morgan fingerprint density at radius 2 is 1.96 bits per heavy atom. The third kappa shape index (κ3) is 3.40. The largest absolute Gasteiger partial charge is 0.480 e. The van der Waals surface area contributed by atoms with Crippen molar-refractivity contribution in [2.24, 2.45) is 0 Å². The number of aromatic nitrogens is 2. The molecule has 2 aromatic heterocycles. The molecule has 0 bridgehead atoms. The summed E-state index contributed by atoms with van der Waals surface area (Å²) < 4.78 is 0.848. The minimum Gasteiger partial charge on any atom is -0.480 e. The zero-order valence-corrected chi connectivity index (χ0v) is 13.7. The van der Waals surface area contributed by atoms with E-state index in [0.717, 1.165) is 16.5 Å². The maximum atomic E-state index is 12.1. The molecule has 0 spiro atoms. The number of nitrogens with zero attached hydrogens (tertiary/aromatic N) is 2. The maximum Gasteiger partial charge on any atom is 0.316 e. The molecule has 0 radical (unpaired) electrons. The monoisotopic (exact) mass is 344 g/mol. The predicted molar refractivity (Wildman–Crippen MR) is 92.1 cm³/mol. The SMILES string of the molecule is CC(Sc1cccc(-c2nc(=O)c3ccccc3s2)n1)C(=O)O. The molecule has 23 heavy (non-hydrogen) atoms. The highest BCUT2D eigenvalue weighted by molar-refractivity contribution is 8.00. The lowest BCUT2D eigenvalue weighted by Gasteiger charge is -2.07. The first-order valence-electron chi connectivity index (χ1n) is 6.81. The summed E-state index contributed by atoms with van der Waals surface area (Å²) >= 11 is 2.55. The van der Waals surface area contributed by atoms with E-state index in [0.29, 0.717) is 21.1 Å². The van der Waals surface area contributed by atoms with Crippen molar-refractivity contribution in [1.29, 1.82) is 0 Å². The van der Waals surface area contributed by atoms with Gasteiger partial charge in [0.2, 0.25) is 0 Å². The molecule has 3 aromatic rings. The van der Waals surface area contributed by atoms with Gasteiger partial charge >= 0.3 is 5.97 Å². The van der Waals surface area contributed by atoms with Crippen molar-refractivity contribution >= 4 is 39.2 Å². The van der Waals surface area contributed by atoms with E-state index in [1.165, 1.54) is 11.3 Å². The number of carboxylic acids is 1. The number of carboxylic acid groups (broad SMARTS) is 1. The molecular weight excluding hydrogens is 332 g/mol. The highest BCUT2D eigenvalue weighted by Gasteiger charge is 2.14. The minimum absolute atomic E-state index is 0.284. The van der Waals surface area contributed by atoms with Gasteiger partial charge in [-0.3, -0.25) is 9.59 Å². The fourth-order valence-corrected chi connectivity index (χ4v) is 3.69. The van der Waals surface area contributed by atoms with Gasteiger partial charge in [-0.05, 0) is 31.2 Å². The molecule has 0 fully saturated rings. The van der Waals surface area contributed by atoms with Crippen molar-refractivity contribution in [1.82, 2.24) is 9.97 Å². The van der Waals surface area contributed by atoms with E-state index >= 15 is 0 Å². The van der Waals surface area contributed by atoms with Crippen molar-refractivity contribution in [3.63, 3.8) is 0 Å². The van der Waals surface area contributed by atoms with E-state index < -0.39 is 11.2 Å². The second-order valence-corrected chi connectivity index (χ2v) is 7.17. The Kier molecular flexibility index (Phi) is 4.40. The molecule has 0 aliphatic rings. The maximum absolute atomic E-state index is 12.1. The summed E-state index contributed by atoms with van der Waals surface area (Å²) in [5, 5.41) is 10.1. The zero-order valence-electron chi connectivity index (χ0n) is 12.1. The topological polar surface area (TPSA) is 80.2 Å². The zero-order chi connectivity index (χ0) is 16.4. The predicted octanol–water partition coefficient (Wildman–Crippen LogP) is 3.28. The Morgan fingerprint density at radius 3 is 2.74 bits per heavy atom. The van der Waals surface area contributed by atoms with Crippen molar-refractivity contribution < 1.29 is 9.90 Å². The Bertz CT molecular complexity index is 940. The van der Waals surface area contributed by atoms with Crippen LogP contribution in [-0.2, 0) is 4.79 Å². The van der Waals surface area contributed by atoms with Crippen molar-refractivity contribution in [2.75, 3.05) is 0 Å². The number of hydrogen-bond donors (Lipinski definition) is 1. The van der Waals surface area contributed by atoms with Crippen LogP contribution in [0.2, 0.25) is 0 Å². The Balaban J connectivity index is 2.02. The van der Waals surface area contributed by atoms with Crippen LogP contribution < -0.4 is 5.56 Å². The van der Waals surface area contributed by atoms with Crippen LogP contribution in [0.15, 0.2) is 52.3 Å². The number of aliphatic carboxylic acids is 1. The second-order valence-electron chi connectivity index (χ2n) is 4.78. The van der Waals surface area contributed by atoms with Crippen LogP contribution in [-0.4, -0.2) is 26.3 Å². The highest BCUT2D eigenvalue weighted by Crippen LogP contribution is 2.27. The number of carbonyl (C=O) groups is 1. The lowest BCUT2D eigenvalue weighted by Crippen LogP contribution is -2.11. The Hall–Kier alpha value is -2.25. The van der Waals surface area contributed by atoms with E-state index in [2.05, 4.69) is 9.97 Å². The standard InChI is InChI=1S/C16H12N2O3S2/c1-9(16(20)21)22-13-8-4-6-11(17-13)15-18-14(19)10-5-2-3-7-12(10)23-15/h2-9H,1H3,(H,20,21). The van der Waals surface area contributed by atoms with E-state index in [4.69, 9.17) is 5.11 Å². The number of fused-ring (bicyclic) bond motifs is 1. The molecule has 1 unspecified atom stereocenters. The third-order valence-electron chi connectivity index (χ3n) is 3.12. The highest BCUT2D eigenvalue weighted by atomic mass is 32.2. The molecule has 1 aromatic carbocycles. The summed E-state index contributed by atoms with van der Waals surface area (Å²) in [5.41, 5.74) is 0.286. The molecule has 1 atom stereocenters. The first-order valence-corrected chi connectivity index (χ1v) is 8.51. The fraction of sp³-hybridized carbons (Fsp3) is 0.125. The average Bonchev–Trinajstić information content (AvgIpc) is 2.55. The molecule has 116 valence electrons. The van der Waals surface area contributed by atoms with Crippen LogP contribution in [0.5, 0.6) is 0 Å². The summed E-state index contributed by atoms with van der Waals surface area (Å²) in [5.74, 6) is -0.893. The normalized spacial score (nSPS) is 12.2. The molecule has 2 heterocycles. The van der Waals surface area contributed by atoms with Gasteiger partial charge in [0.25, 0.3) is 5.56 Å². The summed E-state index contributed by atoms with van der Waals surface area (Å²) in [7, 11) is 0. The first kappa shape index (κ1) is 15.6. The minimum atomic E-state index is -0.893. The van der Waals surface area contributed by atoms with Gasteiger partial charge in [-0.2, -0.15) is 4.98 Å². The van der Waals surface area contributed by atoms with Gasteiger partial charge in [0, 0.05) is 4.70 Å². The van der Waals surface area contributed by atoms with Gasteiger partial charge in [0.1, 0.15) is 16.0 Å². The molecule has 0 saturated heterocycles. The Labute approximate surface area is 140 Å². The van der Waals surface area contributed by atoms with Crippen LogP contribution in [0.25, 0.3) is 20.8 Å². The van der Waals surface area contributed by atoms with E-state index in [-0.39, 0.29) is 5.56 Å². The van der Waals surface area contributed by atoms with Crippen LogP contribution in [0, 0.1) is 0 Å². The molecule has 1 N–H and O–H groups in total. The van der Waals surface area contributed by atoms with Gasteiger partial charge in [-0.1, -0.05) is 30.0 Å². The lowest BCUT2D eigenvalue weighted by molar-refractivity contribution is -0.136. The molecule has 0 amide bonds. The van der Waals surface area contributed by atoms with Gasteiger partial charge < -0.3 is 5.11 Å². The molecule has 0 aliphatic heterocycles. The van der Waals surface area contributed by atoms with Crippen molar-refractivity contribution in [3.05, 3.63) is 52.8 Å². The number of thioether (sulfide) groups is 1. The van der Waals surface area contributed by atoms with Crippen molar-refractivity contribution in [2.45, 2.75) is 17.2 Å². The number of rotatable bonds is 4. The average molecular weight is 344 g/mol.